The van der Waals surface area contributed by atoms with Gasteiger partial charge in [0.25, 0.3) is 0 Å². The third-order valence-corrected chi connectivity index (χ3v) is 3.86. The summed E-state index contributed by atoms with van der Waals surface area (Å²) in [6.07, 6.45) is 3.55. The molecule has 6 heteroatoms. The van der Waals surface area contributed by atoms with Gasteiger partial charge in [-0.2, -0.15) is 0 Å². The van der Waals surface area contributed by atoms with E-state index in [1.807, 2.05) is 0 Å². The van der Waals surface area contributed by atoms with Crippen LogP contribution in [0.5, 0.6) is 0 Å². The van der Waals surface area contributed by atoms with Crippen molar-refractivity contribution in [1.82, 2.24) is 10.2 Å². The number of amides is 2. The molecule has 1 atom stereocenters. The highest BCUT2D eigenvalue weighted by molar-refractivity contribution is 5.85. The van der Waals surface area contributed by atoms with Gasteiger partial charge in [-0.05, 0) is 46.5 Å². The lowest BCUT2D eigenvalue weighted by Gasteiger charge is -2.32. The Kier molecular flexibility index (Phi) is 5.08. The summed E-state index contributed by atoms with van der Waals surface area (Å²) in [5, 5.41) is 2.63. The molecule has 0 radical (unpaired) electrons. The van der Waals surface area contributed by atoms with Crippen LogP contribution in [0.1, 0.15) is 46.5 Å². The Balaban J connectivity index is 1.76. The Morgan fingerprint density at radius 3 is 2.41 bits per heavy atom. The van der Waals surface area contributed by atoms with Gasteiger partial charge in [0.15, 0.2) is 0 Å². The molecule has 0 bridgehead atoms. The highest BCUT2D eigenvalue weighted by Crippen LogP contribution is 2.32. The van der Waals surface area contributed by atoms with Gasteiger partial charge in [0, 0.05) is 19.0 Å². The van der Waals surface area contributed by atoms with E-state index in [0.717, 1.165) is 32.2 Å². The lowest BCUT2D eigenvalue weighted by atomic mass is 9.96. The Hall–Kier alpha value is -1.59. The van der Waals surface area contributed by atoms with Crippen LogP contribution in [-0.4, -0.2) is 47.9 Å². The Labute approximate surface area is 131 Å². The van der Waals surface area contributed by atoms with Gasteiger partial charge < -0.3 is 15.0 Å². The second-order valence-electron chi connectivity index (χ2n) is 7.20. The number of piperidine rings is 1. The highest BCUT2D eigenvalue weighted by atomic mass is 16.6. The van der Waals surface area contributed by atoms with Crippen LogP contribution in [0.4, 0.5) is 0 Å². The van der Waals surface area contributed by atoms with Crippen LogP contribution in [0.15, 0.2) is 0 Å². The normalized spacial score (nSPS) is 22.1. The molecule has 1 N–H and O–H groups in total. The minimum Gasteiger partial charge on any atom is -0.459 e. The van der Waals surface area contributed by atoms with Gasteiger partial charge in [-0.15, -0.1) is 0 Å². The van der Waals surface area contributed by atoms with E-state index in [0.29, 0.717) is 6.54 Å². The molecule has 1 saturated heterocycles. The number of hydrogen-bond donors (Lipinski definition) is 1. The minimum absolute atomic E-state index is 0.122. The molecule has 1 unspecified atom stereocenters. The van der Waals surface area contributed by atoms with E-state index in [2.05, 4.69) is 5.32 Å². The lowest BCUT2D eigenvalue weighted by molar-refractivity contribution is -0.155. The van der Waals surface area contributed by atoms with Crippen molar-refractivity contribution >= 4 is 17.8 Å². The van der Waals surface area contributed by atoms with Crippen LogP contribution in [-0.2, 0) is 19.1 Å². The topological polar surface area (TPSA) is 75.7 Å². The first-order valence-electron chi connectivity index (χ1n) is 8.04. The molecule has 1 saturated carbocycles. The molecule has 0 aromatic rings. The molecular weight excluding hydrogens is 284 g/mol. The smallest absolute Gasteiger partial charge is 0.325 e. The van der Waals surface area contributed by atoms with E-state index in [4.69, 9.17) is 4.74 Å². The Bertz CT molecular complexity index is 452. The van der Waals surface area contributed by atoms with Crippen LogP contribution in [0.2, 0.25) is 0 Å². The van der Waals surface area contributed by atoms with Gasteiger partial charge in [0.1, 0.15) is 12.1 Å². The zero-order valence-corrected chi connectivity index (χ0v) is 13.7. The van der Waals surface area contributed by atoms with E-state index < -0.39 is 11.6 Å². The van der Waals surface area contributed by atoms with Gasteiger partial charge in [0.2, 0.25) is 11.8 Å². The SMILES string of the molecule is CC(C)(C)OC(=O)CNC(=O)C1CCCN(C(=O)C2CC2)C1. The van der Waals surface area contributed by atoms with Crippen LogP contribution in [0.25, 0.3) is 0 Å². The van der Waals surface area contributed by atoms with Crippen LogP contribution >= 0.6 is 0 Å². The third kappa shape index (κ3) is 5.00. The zero-order valence-electron chi connectivity index (χ0n) is 13.7. The van der Waals surface area contributed by atoms with Gasteiger partial charge in [-0.1, -0.05) is 0 Å². The van der Waals surface area contributed by atoms with Crippen molar-refractivity contribution in [1.29, 1.82) is 0 Å². The van der Waals surface area contributed by atoms with Gasteiger partial charge in [-0.3, -0.25) is 14.4 Å². The molecule has 1 heterocycles. The molecule has 1 aliphatic carbocycles. The number of esters is 1. The molecule has 0 aromatic heterocycles. The van der Waals surface area contributed by atoms with Crippen LogP contribution < -0.4 is 5.32 Å². The fourth-order valence-electron chi connectivity index (χ4n) is 2.66. The third-order valence-electron chi connectivity index (χ3n) is 3.86. The predicted octanol–water partition coefficient (Wildman–Crippen LogP) is 1.09. The number of carbonyl (C=O) groups excluding carboxylic acids is 3. The molecule has 124 valence electrons. The lowest BCUT2D eigenvalue weighted by Crippen LogP contribution is -2.47. The van der Waals surface area contributed by atoms with E-state index in [1.54, 1.807) is 25.7 Å². The molecule has 6 nitrogen and oxygen atoms in total. The predicted molar refractivity (Wildman–Crippen MR) is 80.9 cm³/mol. The largest absolute Gasteiger partial charge is 0.459 e. The Morgan fingerprint density at radius 1 is 1.14 bits per heavy atom. The molecule has 1 aliphatic heterocycles. The summed E-state index contributed by atoms with van der Waals surface area (Å²) in [7, 11) is 0. The summed E-state index contributed by atoms with van der Waals surface area (Å²) in [6, 6.07) is 0. The first-order chi connectivity index (χ1) is 10.3. The number of nitrogens with zero attached hydrogens (tertiary/aromatic N) is 1. The molecule has 2 rings (SSSR count). The Morgan fingerprint density at radius 2 is 1.82 bits per heavy atom. The second kappa shape index (κ2) is 6.67. The molecule has 0 spiro atoms. The van der Waals surface area contributed by atoms with Gasteiger partial charge in [0.05, 0.1) is 5.92 Å². The summed E-state index contributed by atoms with van der Waals surface area (Å²) >= 11 is 0. The summed E-state index contributed by atoms with van der Waals surface area (Å²) in [4.78, 5) is 37.7. The summed E-state index contributed by atoms with van der Waals surface area (Å²) in [6.45, 7) is 6.45. The number of ether oxygens (including phenoxy) is 1. The maximum atomic E-state index is 12.2. The number of likely N-dealkylation sites (tertiary alicyclic amines) is 1. The summed E-state index contributed by atoms with van der Waals surface area (Å²) < 4.78 is 5.16. The number of carbonyl (C=O) groups is 3. The van der Waals surface area contributed by atoms with E-state index >= 15 is 0 Å². The van der Waals surface area contributed by atoms with Gasteiger partial charge in [-0.25, -0.2) is 0 Å². The maximum absolute atomic E-state index is 12.2. The first kappa shape index (κ1) is 16.8. The maximum Gasteiger partial charge on any atom is 0.325 e. The summed E-state index contributed by atoms with van der Waals surface area (Å²) in [5.74, 6) is -0.464. The monoisotopic (exact) mass is 310 g/mol. The quantitative estimate of drug-likeness (QED) is 0.789. The van der Waals surface area contributed by atoms with E-state index in [-0.39, 0.29) is 30.2 Å². The van der Waals surface area contributed by atoms with Crippen LogP contribution in [0, 0.1) is 11.8 Å². The highest BCUT2D eigenvalue weighted by Gasteiger charge is 2.36. The average Bonchev–Trinajstić information content (AvgIpc) is 3.27. The van der Waals surface area contributed by atoms with Crippen LogP contribution in [0.3, 0.4) is 0 Å². The van der Waals surface area contributed by atoms with Crippen molar-refractivity contribution in [2.45, 2.75) is 52.1 Å². The molecule has 2 fully saturated rings. The van der Waals surface area contributed by atoms with E-state index in [1.165, 1.54) is 0 Å². The van der Waals surface area contributed by atoms with Crippen molar-refractivity contribution in [3.05, 3.63) is 0 Å². The van der Waals surface area contributed by atoms with Gasteiger partial charge >= 0.3 is 5.97 Å². The number of nitrogens with one attached hydrogen (secondary N) is 1. The zero-order chi connectivity index (χ0) is 16.3. The number of rotatable bonds is 4. The fourth-order valence-corrected chi connectivity index (χ4v) is 2.66. The van der Waals surface area contributed by atoms with Crippen molar-refractivity contribution in [3.63, 3.8) is 0 Å². The summed E-state index contributed by atoms with van der Waals surface area (Å²) in [5.41, 5.74) is -0.555. The van der Waals surface area contributed by atoms with Crippen molar-refractivity contribution in [3.8, 4) is 0 Å². The average molecular weight is 310 g/mol. The van der Waals surface area contributed by atoms with Crippen molar-refractivity contribution < 1.29 is 19.1 Å². The molecule has 0 aromatic carbocycles. The number of hydrogen-bond acceptors (Lipinski definition) is 4. The first-order valence-corrected chi connectivity index (χ1v) is 8.04. The van der Waals surface area contributed by atoms with Crippen molar-refractivity contribution in [2.75, 3.05) is 19.6 Å². The van der Waals surface area contributed by atoms with Crippen molar-refractivity contribution in [2.24, 2.45) is 11.8 Å². The molecule has 22 heavy (non-hydrogen) atoms. The molecule has 2 aliphatic rings. The second-order valence-corrected chi connectivity index (χ2v) is 7.20. The minimum atomic E-state index is -0.555. The molecular formula is C16H26N2O4. The standard InChI is InChI=1S/C16H26N2O4/c1-16(2,3)22-13(19)9-17-14(20)12-5-4-8-18(10-12)15(21)11-6-7-11/h11-12H,4-10H2,1-3H3,(H,17,20). The molecule has 2 amide bonds. The fraction of sp³-hybridized carbons (Fsp3) is 0.812. The van der Waals surface area contributed by atoms with E-state index in [9.17, 15) is 14.4 Å².